The second-order valence-electron chi connectivity index (χ2n) is 5.59. The summed E-state index contributed by atoms with van der Waals surface area (Å²) in [5.41, 5.74) is 9.53. The van der Waals surface area contributed by atoms with Crippen LogP contribution in [0.15, 0.2) is 24.4 Å². The summed E-state index contributed by atoms with van der Waals surface area (Å²) in [6, 6.07) is 5.62. The first-order chi connectivity index (χ1) is 11.5. The number of rotatable bonds is 4. The second-order valence-corrected chi connectivity index (χ2v) is 5.59. The first-order valence-electron chi connectivity index (χ1n) is 7.74. The molecular formula is C17H21N5O2. The highest BCUT2D eigenvalue weighted by atomic mass is 16.5. The van der Waals surface area contributed by atoms with Crippen LogP contribution in [0.5, 0.6) is 5.75 Å². The predicted octanol–water partition coefficient (Wildman–Crippen LogP) is 1.92. The minimum atomic E-state index is -0.191. The molecule has 3 N–H and O–H groups in total. The van der Waals surface area contributed by atoms with Gasteiger partial charge in [0.1, 0.15) is 5.69 Å². The fourth-order valence-electron chi connectivity index (χ4n) is 2.88. The highest BCUT2D eigenvalue weighted by molar-refractivity contribution is 5.99. The quantitative estimate of drug-likeness (QED) is 0.717. The molecule has 0 atom stereocenters. The highest BCUT2D eigenvalue weighted by Gasteiger charge is 2.25. The van der Waals surface area contributed by atoms with Gasteiger partial charge < -0.3 is 24.9 Å². The van der Waals surface area contributed by atoms with Gasteiger partial charge in [-0.05, 0) is 25.1 Å². The summed E-state index contributed by atoms with van der Waals surface area (Å²) in [5, 5.41) is 2.64. The van der Waals surface area contributed by atoms with Crippen molar-refractivity contribution in [3.63, 3.8) is 0 Å². The van der Waals surface area contributed by atoms with E-state index in [2.05, 4.69) is 5.32 Å². The largest absolute Gasteiger partial charge is 0.491 e. The summed E-state index contributed by atoms with van der Waals surface area (Å²) in [6.45, 7) is 2.35. The van der Waals surface area contributed by atoms with E-state index in [0.717, 1.165) is 22.6 Å². The van der Waals surface area contributed by atoms with E-state index >= 15 is 0 Å². The number of anilines is 1. The van der Waals surface area contributed by atoms with Crippen LogP contribution in [-0.2, 0) is 14.1 Å². The van der Waals surface area contributed by atoms with Gasteiger partial charge in [0.05, 0.1) is 23.2 Å². The summed E-state index contributed by atoms with van der Waals surface area (Å²) >= 11 is 0. The zero-order valence-corrected chi connectivity index (χ0v) is 14.3. The van der Waals surface area contributed by atoms with E-state index in [1.807, 2.05) is 48.4 Å². The molecule has 2 aromatic heterocycles. The van der Waals surface area contributed by atoms with E-state index in [4.69, 9.17) is 15.5 Å². The maximum absolute atomic E-state index is 12.2. The van der Waals surface area contributed by atoms with Crippen molar-refractivity contribution in [1.29, 1.82) is 0 Å². The SMILES string of the molecule is CCOc1c(C(=O)NC)cn(C)c1-c1nc2cc(N)ccc2n1C. The van der Waals surface area contributed by atoms with Crippen molar-refractivity contribution < 1.29 is 9.53 Å². The Balaban J connectivity index is 2.27. The number of aromatic nitrogens is 3. The van der Waals surface area contributed by atoms with Crippen molar-refractivity contribution in [2.45, 2.75) is 6.92 Å². The van der Waals surface area contributed by atoms with Crippen LogP contribution in [0.3, 0.4) is 0 Å². The third-order valence-corrected chi connectivity index (χ3v) is 4.01. The first kappa shape index (κ1) is 15.9. The van der Waals surface area contributed by atoms with Gasteiger partial charge in [0, 0.05) is 33.0 Å². The van der Waals surface area contributed by atoms with Crippen molar-refractivity contribution >= 4 is 22.6 Å². The molecule has 3 rings (SSSR count). The van der Waals surface area contributed by atoms with Gasteiger partial charge in [-0.25, -0.2) is 4.98 Å². The van der Waals surface area contributed by atoms with E-state index in [1.54, 1.807) is 13.2 Å². The van der Waals surface area contributed by atoms with Gasteiger partial charge in [-0.1, -0.05) is 0 Å². The molecule has 0 aliphatic rings. The Morgan fingerprint density at radius 3 is 2.79 bits per heavy atom. The number of ether oxygens (including phenoxy) is 1. The number of nitrogens with one attached hydrogen (secondary N) is 1. The normalized spacial score (nSPS) is 11.0. The monoisotopic (exact) mass is 327 g/mol. The van der Waals surface area contributed by atoms with Gasteiger partial charge in [0.2, 0.25) is 0 Å². The van der Waals surface area contributed by atoms with E-state index < -0.39 is 0 Å². The summed E-state index contributed by atoms with van der Waals surface area (Å²) in [4.78, 5) is 16.9. The lowest BCUT2D eigenvalue weighted by Gasteiger charge is -2.09. The Labute approximate surface area is 140 Å². The molecule has 126 valence electrons. The van der Waals surface area contributed by atoms with Gasteiger partial charge in [0.15, 0.2) is 11.6 Å². The standard InChI is InChI=1S/C17H21N5O2/c1-5-24-15-11(17(23)19-2)9-21(3)14(15)16-20-12-8-10(18)6-7-13(12)22(16)4/h6-9H,5,18H2,1-4H3,(H,19,23). The van der Waals surface area contributed by atoms with Gasteiger partial charge in [-0.15, -0.1) is 0 Å². The molecule has 0 aliphatic carbocycles. The number of aryl methyl sites for hydroxylation is 2. The van der Waals surface area contributed by atoms with E-state index in [-0.39, 0.29) is 5.91 Å². The Kier molecular flexibility index (Phi) is 3.92. The van der Waals surface area contributed by atoms with Crippen molar-refractivity contribution in [3.05, 3.63) is 30.0 Å². The summed E-state index contributed by atoms with van der Waals surface area (Å²) < 4.78 is 9.62. The first-order valence-corrected chi connectivity index (χ1v) is 7.74. The third-order valence-electron chi connectivity index (χ3n) is 4.01. The molecule has 3 aromatic rings. The van der Waals surface area contributed by atoms with Gasteiger partial charge in [-0.3, -0.25) is 4.79 Å². The number of hydrogen-bond acceptors (Lipinski definition) is 4. The number of benzene rings is 1. The number of carbonyl (C=O) groups is 1. The number of amides is 1. The van der Waals surface area contributed by atoms with Crippen LogP contribution < -0.4 is 15.8 Å². The molecule has 0 spiro atoms. The number of imidazole rings is 1. The molecule has 0 saturated carbocycles. The maximum Gasteiger partial charge on any atom is 0.256 e. The number of nitrogens with two attached hydrogens (primary N) is 1. The molecule has 0 bridgehead atoms. The van der Waals surface area contributed by atoms with E-state index in [0.29, 0.717) is 23.6 Å². The fourth-order valence-corrected chi connectivity index (χ4v) is 2.88. The van der Waals surface area contributed by atoms with Crippen molar-refractivity contribution in [1.82, 2.24) is 19.4 Å². The molecule has 0 radical (unpaired) electrons. The maximum atomic E-state index is 12.2. The minimum Gasteiger partial charge on any atom is -0.491 e. The number of nitrogens with zero attached hydrogens (tertiary/aromatic N) is 3. The minimum absolute atomic E-state index is 0.191. The van der Waals surface area contributed by atoms with E-state index in [9.17, 15) is 4.79 Å². The molecule has 0 unspecified atom stereocenters. The van der Waals surface area contributed by atoms with Crippen molar-refractivity contribution in [2.75, 3.05) is 19.4 Å². The Hall–Kier alpha value is -2.96. The predicted molar refractivity (Wildman–Crippen MR) is 94.1 cm³/mol. The molecule has 1 aromatic carbocycles. The molecule has 1 amide bonds. The summed E-state index contributed by atoms with van der Waals surface area (Å²) in [5.74, 6) is 1.06. The van der Waals surface area contributed by atoms with Crippen LogP contribution in [0, 0.1) is 0 Å². The molecule has 0 aliphatic heterocycles. The zero-order valence-electron chi connectivity index (χ0n) is 14.3. The Morgan fingerprint density at radius 2 is 2.12 bits per heavy atom. The smallest absolute Gasteiger partial charge is 0.256 e. The lowest BCUT2D eigenvalue weighted by atomic mass is 10.2. The fraction of sp³-hybridized carbons (Fsp3) is 0.294. The highest BCUT2D eigenvalue weighted by Crippen LogP contribution is 2.35. The zero-order chi connectivity index (χ0) is 17.4. The van der Waals surface area contributed by atoms with Crippen LogP contribution in [0.2, 0.25) is 0 Å². The van der Waals surface area contributed by atoms with Gasteiger partial charge >= 0.3 is 0 Å². The van der Waals surface area contributed by atoms with Gasteiger partial charge in [0.25, 0.3) is 5.91 Å². The molecule has 7 nitrogen and oxygen atoms in total. The van der Waals surface area contributed by atoms with Crippen LogP contribution in [0.4, 0.5) is 5.69 Å². The van der Waals surface area contributed by atoms with Crippen molar-refractivity contribution in [3.8, 4) is 17.3 Å². The van der Waals surface area contributed by atoms with Crippen LogP contribution in [0.1, 0.15) is 17.3 Å². The van der Waals surface area contributed by atoms with Crippen molar-refractivity contribution in [2.24, 2.45) is 14.1 Å². The average molecular weight is 327 g/mol. The Bertz CT molecular complexity index is 923. The molecule has 24 heavy (non-hydrogen) atoms. The molecule has 7 heteroatoms. The number of hydrogen-bond donors (Lipinski definition) is 2. The second kappa shape index (κ2) is 5.92. The number of carbonyl (C=O) groups excluding carboxylic acids is 1. The molecule has 0 saturated heterocycles. The summed E-state index contributed by atoms with van der Waals surface area (Å²) in [6.07, 6.45) is 1.76. The van der Waals surface area contributed by atoms with Crippen LogP contribution in [-0.4, -0.2) is 33.7 Å². The number of fused-ring (bicyclic) bond motifs is 1. The molecule has 0 fully saturated rings. The summed E-state index contributed by atoms with van der Waals surface area (Å²) in [7, 11) is 5.41. The van der Waals surface area contributed by atoms with Gasteiger partial charge in [-0.2, -0.15) is 0 Å². The topological polar surface area (TPSA) is 87.1 Å². The van der Waals surface area contributed by atoms with Crippen LogP contribution in [0.25, 0.3) is 22.6 Å². The van der Waals surface area contributed by atoms with E-state index in [1.165, 1.54) is 0 Å². The lowest BCUT2D eigenvalue weighted by Crippen LogP contribution is -2.18. The average Bonchev–Trinajstić information content (AvgIpc) is 3.04. The molecular weight excluding hydrogens is 306 g/mol. The molecule has 2 heterocycles. The third kappa shape index (κ3) is 2.38. The number of nitrogen functional groups attached to an aromatic ring is 1. The Morgan fingerprint density at radius 1 is 1.38 bits per heavy atom. The lowest BCUT2D eigenvalue weighted by molar-refractivity contribution is 0.0959. The van der Waals surface area contributed by atoms with Crippen LogP contribution >= 0.6 is 0 Å².